The molecule has 0 bridgehead atoms. The second kappa shape index (κ2) is 8.68. The number of carbonyl (C=O) groups is 1. The first-order valence-electron chi connectivity index (χ1n) is 9.42. The van der Waals surface area contributed by atoms with Gasteiger partial charge in [0.25, 0.3) is 0 Å². The summed E-state index contributed by atoms with van der Waals surface area (Å²) in [6.45, 7) is 7.14. The molecule has 0 aliphatic carbocycles. The largest absolute Gasteiger partial charge is 0.325 e. The summed E-state index contributed by atoms with van der Waals surface area (Å²) in [5.41, 5.74) is 3.02. The van der Waals surface area contributed by atoms with Crippen LogP contribution in [-0.2, 0) is 14.8 Å². The molecule has 0 unspecified atom stereocenters. The molecule has 2 aromatic carbocycles. The predicted octanol–water partition coefficient (Wildman–Crippen LogP) is 4.21. The third-order valence-corrected chi connectivity index (χ3v) is 7.99. The molecule has 0 saturated carbocycles. The van der Waals surface area contributed by atoms with Crippen molar-refractivity contribution in [1.82, 2.24) is 4.31 Å². The van der Waals surface area contributed by atoms with E-state index in [-0.39, 0.29) is 16.1 Å². The summed E-state index contributed by atoms with van der Waals surface area (Å²) in [6, 6.07) is 12.6. The monoisotopic (exact) mass is 418 g/mol. The van der Waals surface area contributed by atoms with E-state index in [4.69, 9.17) is 0 Å². The molecule has 1 amide bonds. The molecule has 1 fully saturated rings. The van der Waals surface area contributed by atoms with Crippen molar-refractivity contribution in [2.45, 2.75) is 48.7 Å². The molecule has 1 atom stereocenters. The molecular weight excluding hydrogens is 392 g/mol. The average molecular weight is 419 g/mol. The van der Waals surface area contributed by atoms with Crippen LogP contribution in [0.3, 0.4) is 0 Å². The summed E-state index contributed by atoms with van der Waals surface area (Å²) < 4.78 is 26.6. The van der Waals surface area contributed by atoms with Gasteiger partial charge in [0, 0.05) is 23.7 Å². The standard InChI is InChI=1S/C21H26N2O3S2/c1-15-6-9-19(14-16(15)2)27-17(3)21(24)22-18-7-10-20(11-8-18)28(25,26)23-12-4-5-13-23/h6-11,14,17H,4-5,12-13H2,1-3H3,(H,22,24)/t17-/m1/s1. The van der Waals surface area contributed by atoms with Crippen LogP contribution in [0.2, 0.25) is 0 Å². The Kier molecular flexibility index (Phi) is 6.47. The Hall–Kier alpha value is -1.83. The number of aryl methyl sites for hydroxylation is 2. The molecule has 1 aliphatic rings. The van der Waals surface area contributed by atoms with Crippen molar-refractivity contribution in [1.29, 1.82) is 0 Å². The lowest BCUT2D eigenvalue weighted by Crippen LogP contribution is -2.27. The van der Waals surface area contributed by atoms with E-state index in [2.05, 4.69) is 31.3 Å². The molecular formula is C21H26N2O3S2. The third-order valence-electron chi connectivity index (χ3n) is 4.99. The van der Waals surface area contributed by atoms with Gasteiger partial charge in [0.2, 0.25) is 15.9 Å². The fourth-order valence-electron chi connectivity index (χ4n) is 3.08. The maximum absolute atomic E-state index is 12.6. The lowest BCUT2D eigenvalue weighted by Gasteiger charge is -2.16. The van der Waals surface area contributed by atoms with Crippen molar-refractivity contribution in [2.24, 2.45) is 0 Å². The van der Waals surface area contributed by atoms with E-state index < -0.39 is 10.0 Å². The lowest BCUT2D eigenvalue weighted by atomic mass is 10.1. The molecule has 1 saturated heterocycles. The normalized spacial score (nSPS) is 16.1. The molecule has 0 aromatic heterocycles. The van der Waals surface area contributed by atoms with Crippen LogP contribution in [0.4, 0.5) is 5.69 Å². The van der Waals surface area contributed by atoms with Crippen molar-refractivity contribution in [2.75, 3.05) is 18.4 Å². The molecule has 7 heteroatoms. The van der Waals surface area contributed by atoms with Crippen molar-refractivity contribution in [3.05, 3.63) is 53.6 Å². The van der Waals surface area contributed by atoms with E-state index in [1.165, 1.54) is 27.2 Å². The topological polar surface area (TPSA) is 66.5 Å². The Morgan fingerprint density at radius 3 is 2.29 bits per heavy atom. The van der Waals surface area contributed by atoms with Crippen LogP contribution >= 0.6 is 11.8 Å². The van der Waals surface area contributed by atoms with Crippen LogP contribution in [-0.4, -0.2) is 37.0 Å². The molecule has 1 N–H and O–H groups in total. The van der Waals surface area contributed by atoms with Gasteiger partial charge in [-0.15, -0.1) is 11.8 Å². The van der Waals surface area contributed by atoms with Crippen LogP contribution in [0.1, 0.15) is 30.9 Å². The Labute approximate surface area is 171 Å². The van der Waals surface area contributed by atoms with Gasteiger partial charge in [0.05, 0.1) is 10.1 Å². The van der Waals surface area contributed by atoms with Gasteiger partial charge in [-0.1, -0.05) is 6.07 Å². The number of nitrogens with one attached hydrogen (secondary N) is 1. The molecule has 2 aromatic rings. The van der Waals surface area contributed by atoms with Crippen molar-refractivity contribution >= 4 is 33.4 Å². The van der Waals surface area contributed by atoms with Gasteiger partial charge in [-0.25, -0.2) is 8.42 Å². The highest BCUT2D eigenvalue weighted by Crippen LogP contribution is 2.27. The number of sulfonamides is 1. The zero-order valence-electron chi connectivity index (χ0n) is 16.4. The lowest BCUT2D eigenvalue weighted by molar-refractivity contribution is -0.115. The van der Waals surface area contributed by atoms with Gasteiger partial charge >= 0.3 is 0 Å². The number of anilines is 1. The van der Waals surface area contributed by atoms with Crippen LogP contribution < -0.4 is 5.32 Å². The summed E-state index contributed by atoms with van der Waals surface area (Å²) in [5, 5.41) is 2.60. The zero-order chi connectivity index (χ0) is 20.3. The fraction of sp³-hybridized carbons (Fsp3) is 0.381. The minimum Gasteiger partial charge on any atom is -0.325 e. The molecule has 150 valence electrons. The Morgan fingerprint density at radius 2 is 1.68 bits per heavy atom. The smallest absolute Gasteiger partial charge is 0.243 e. The molecule has 3 rings (SSSR count). The number of hydrogen-bond donors (Lipinski definition) is 1. The molecule has 28 heavy (non-hydrogen) atoms. The Morgan fingerprint density at radius 1 is 1.04 bits per heavy atom. The second-order valence-electron chi connectivity index (χ2n) is 7.13. The van der Waals surface area contributed by atoms with Gasteiger partial charge in [0.1, 0.15) is 0 Å². The van der Waals surface area contributed by atoms with E-state index in [0.29, 0.717) is 18.8 Å². The Bertz CT molecular complexity index is 950. The van der Waals surface area contributed by atoms with E-state index in [1.54, 1.807) is 24.3 Å². The molecule has 1 heterocycles. The first-order valence-corrected chi connectivity index (χ1v) is 11.7. The van der Waals surface area contributed by atoms with Gasteiger partial charge in [-0.3, -0.25) is 4.79 Å². The van der Waals surface area contributed by atoms with Gasteiger partial charge in [-0.05, 0) is 81.1 Å². The molecule has 5 nitrogen and oxygen atoms in total. The number of thioether (sulfide) groups is 1. The highest BCUT2D eigenvalue weighted by molar-refractivity contribution is 8.00. The maximum atomic E-state index is 12.6. The number of rotatable bonds is 6. The van der Waals surface area contributed by atoms with Gasteiger partial charge < -0.3 is 5.32 Å². The summed E-state index contributed by atoms with van der Waals surface area (Å²) in [4.78, 5) is 13.8. The van der Waals surface area contributed by atoms with Crippen molar-refractivity contribution in [3.8, 4) is 0 Å². The van der Waals surface area contributed by atoms with Gasteiger partial charge in [-0.2, -0.15) is 4.31 Å². The summed E-state index contributed by atoms with van der Waals surface area (Å²) in [7, 11) is -3.43. The number of hydrogen-bond acceptors (Lipinski definition) is 4. The van der Waals surface area contributed by atoms with Crippen LogP contribution in [0.5, 0.6) is 0 Å². The zero-order valence-corrected chi connectivity index (χ0v) is 18.1. The number of benzene rings is 2. The van der Waals surface area contributed by atoms with E-state index in [0.717, 1.165) is 17.7 Å². The first-order chi connectivity index (χ1) is 13.3. The Balaban J connectivity index is 1.62. The van der Waals surface area contributed by atoms with Crippen molar-refractivity contribution < 1.29 is 13.2 Å². The predicted molar refractivity (Wildman–Crippen MR) is 114 cm³/mol. The first kappa shape index (κ1) is 20.9. The van der Waals surface area contributed by atoms with E-state index in [1.807, 2.05) is 13.0 Å². The summed E-state index contributed by atoms with van der Waals surface area (Å²) >= 11 is 1.50. The minimum atomic E-state index is -3.43. The van der Waals surface area contributed by atoms with Crippen molar-refractivity contribution in [3.63, 3.8) is 0 Å². The highest BCUT2D eigenvalue weighted by Gasteiger charge is 2.27. The number of amides is 1. The molecule has 0 radical (unpaired) electrons. The molecule has 1 aliphatic heterocycles. The minimum absolute atomic E-state index is 0.113. The summed E-state index contributed by atoms with van der Waals surface area (Å²) in [5.74, 6) is -0.113. The number of carbonyl (C=O) groups excluding carboxylic acids is 1. The summed E-state index contributed by atoms with van der Waals surface area (Å²) in [6.07, 6.45) is 1.81. The van der Waals surface area contributed by atoms with Crippen LogP contribution in [0, 0.1) is 13.8 Å². The SMILES string of the molecule is Cc1ccc(S[C@H](C)C(=O)Nc2ccc(S(=O)(=O)N3CCCC3)cc2)cc1C. The average Bonchev–Trinajstić information content (AvgIpc) is 3.21. The quantitative estimate of drug-likeness (QED) is 0.714. The molecule has 0 spiro atoms. The maximum Gasteiger partial charge on any atom is 0.243 e. The van der Waals surface area contributed by atoms with Crippen LogP contribution in [0.15, 0.2) is 52.3 Å². The van der Waals surface area contributed by atoms with Gasteiger partial charge in [0.15, 0.2) is 0 Å². The highest BCUT2D eigenvalue weighted by atomic mass is 32.2. The fourth-order valence-corrected chi connectivity index (χ4v) is 5.56. The second-order valence-corrected chi connectivity index (χ2v) is 10.5. The van der Waals surface area contributed by atoms with E-state index >= 15 is 0 Å². The third kappa shape index (κ3) is 4.77. The van der Waals surface area contributed by atoms with E-state index in [9.17, 15) is 13.2 Å². The number of nitrogens with zero attached hydrogens (tertiary/aromatic N) is 1. The van der Waals surface area contributed by atoms with Crippen LogP contribution in [0.25, 0.3) is 0 Å².